The van der Waals surface area contributed by atoms with Crippen molar-refractivity contribution in [1.82, 2.24) is 9.88 Å². The molecular formula is C11H15N3O. The van der Waals surface area contributed by atoms with E-state index in [2.05, 4.69) is 4.98 Å². The summed E-state index contributed by atoms with van der Waals surface area (Å²) in [6.07, 6.45) is 5.41. The lowest BCUT2D eigenvalue weighted by Gasteiger charge is -2.23. The van der Waals surface area contributed by atoms with Crippen molar-refractivity contribution in [1.29, 1.82) is 0 Å². The van der Waals surface area contributed by atoms with Gasteiger partial charge in [0.2, 0.25) is 5.91 Å². The topological polar surface area (TPSA) is 59.2 Å². The summed E-state index contributed by atoms with van der Waals surface area (Å²) >= 11 is 0. The fourth-order valence-electron chi connectivity index (χ4n) is 2.26. The van der Waals surface area contributed by atoms with Crippen molar-refractivity contribution in [2.24, 2.45) is 5.73 Å². The predicted octanol–water partition coefficient (Wildman–Crippen LogP) is 0.702. The van der Waals surface area contributed by atoms with Crippen molar-refractivity contribution in [2.45, 2.75) is 24.9 Å². The van der Waals surface area contributed by atoms with Crippen LogP contribution in [-0.2, 0) is 4.79 Å². The highest BCUT2D eigenvalue weighted by Crippen LogP contribution is 2.33. The van der Waals surface area contributed by atoms with E-state index in [0.717, 1.165) is 18.4 Å². The number of primary amides is 1. The fraction of sp³-hybridized carbons (Fsp3) is 0.455. The van der Waals surface area contributed by atoms with Gasteiger partial charge in [0.25, 0.3) is 0 Å². The van der Waals surface area contributed by atoms with Crippen LogP contribution in [0.15, 0.2) is 24.5 Å². The highest BCUT2D eigenvalue weighted by molar-refractivity contribution is 5.80. The Morgan fingerprint density at radius 3 is 2.93 bits per heavy atom. The molecule has 2 atom stereocenters. The first kappa shape index (κ1) is 10.1. The number of aromatic nitrogens is 1. The van der Waals surface area contributed by atoms with Crippen LogP contribution in [0, 0.1) is 0 Å². The SMILES string of the molecule is CN1[C@@H](C(N)=O)CC[C@H]1c1cccnc1. The molecule has 1 fully saturated rings. The van der Waals surface area contributed by atoms with Gasteiger partial charge < -0.3 is 5.73 Å². The maximum Gasteiger partial charge on any atom is 0.234 e. The Hall–Kier alpha value is -1.42. The Balaban J connectivity index is 2.17. The molecule has 0 radical (unpaired) electrons. The van der Waals surface area contributed by atoms with E-state index in [1.165, 1.54) is 0 Å². The number of hydrogen-bond donors (Lipinski definition) is 1. The van der Waals surface area contributed by atoms with Crippen LogP contribution in [0.1, 0.15) is 24.4 Å². The van der Waals surface area contributed by atoms with Gasteiger partial charge in [0.05, 0.1) is 6.04 Å². The minimum atomic E-state index is -0.233. The molecule has 0 unspecified atom stereocenters. The summed E-state index contributed by atoms with van der Waals surface area (Å²) in [5, 5.41) is 0. The van der Waals surface area contributed by atoms with Crippen LogP contribution in [0.5, 0.6) is 0 Å². The Labute approximate surface area is 89.1 Å². The highest BCUT2D eigenvalue weighted by Gasteiger charge is 2.34. The maximum atomic E-state index is 11.2. The van der Waals surface area contributed by atoms with Gasteiger partial charge in [0.1, 0.15) is 0 Å². The molecule has 0 aliphatic carbocycles. The van der Waals surface area contributed by atoms with Crippen molar-refractivity contribution in [3.8, 4) is 0 Å². The minimum Gasteiger partial charge on any atom is -0.368 e. The standard InChI is InChI=1S/C11H15N3O/c1-14-9(4-5-10(14)11(12)15)8-3-2-6-13-7-8/h2-3,6-7,9-10H,4-5H2,1H3,(H2,12,15)/t9-,10+/m0/s1. The lowest BCUT2D eigenvalue weighted by Crippen LogP contribution is -2.38. The first-order valence-electron chi connectivity index (χ1n) is 5.11. The lowest BCUT2D eigenvalue weighted by atomic mass is 10.1. The molecule has 1 aromatic rings. The molecule has 4 nitrogen and oxygen atoms in total. The van der Waals surface area contributed by atoms with Crippen LogP contribution in [-0.4, -0.2) is 28.9 Å². The molecule has 1 aliphatic rings. The van der Waals surface area contributed by atoms with E-state index < -0.39 is 0 Å². The molecular weight excluding hydrogens is 190 g/mol. The van der Waals surface area contributed by atoms with Crippen LogP contribution >= 0.6 is 0 Å². The number of likely N-dealkylation sites (tertiary alicyclic amines) is 1. The molecule has 2 N–H and O–H groups in total. The van der Waals surface area contributed by atoms with Crippen LogP contribution in [0.2, 0.25) is 0 Å². The van der Waals surface area contributed by atoms with Gasteiger partial charge in [0.15, 0.2) is 0 Å². The fourth-order valence-corrected chi connectivity index (χ4v) is 2.26. The largest absolute Gasteiger partial charge is 0.368 e. The Morgan fingerprint density at radius 2 is 2.40 bits per heavy atom. The number of nitrogens with two attached hydrogens (primary N) is 1. The molecule has 0 bridgehead atoms. The van der Waals surface area contributed by atoms with Gasteiger partial charge in [-0.2, -0.15) is 0 Å². The van der Waals surface area contributed by atoms with Crippen molar-refractivity contribution in [2.75, 3.05) is 7.05 Å². The summed E-state index contributed by atoms with van der Waals surface area (Å²) in [5.41, 5.74) is 6.49. The van der Waals surface area contributed by atoms with E-state index >= 15 is 0 Å². The second kappa shape index (κ2) is 3.98. The molecule has 15 heavy (non-hydrogen) atoms. The van der Waals surface area contributed by atoms with Gasteiger partial charge in [-0.15, -0.1) is 0 Å². The van der Waals surface area contributed by atoms with Gasteiger partial charge in [-0.3, -0.25) is 14.7 Å². The zero-order valence-electron chi connectivity index (χ0n) is 8.76. The van der Waals surface area contributed by atoms with E-state index in [9.17, 15) is 4.79 Å². The molecule has 0 spiro atoms. The van der Waals surface area contributed by atoms with Crippen molar-refractivity contribution in [3.63, 3.8) is 0 Å². The smallest absolute Gasteiger partial charge is 0.234 e. The zero-order valence-corrected chi connectivity index (χ0v) is 8.76. The van der Waals surface area contributed by atoms with Gasteiger partial charge in [-0.1, -0.05) is 6.07 Å². The Kier molecular flexibility index (Phi) is 2.68. The second-order valence-corrected chi connectivity index (χ2v) is 3.96. The first-order chi connectivity index (χ1) is 7.20. The molecule has 2 rings (SSSR count). The van der Waals surface area contributed by atoms with Crippen LogP contribution in [0.3, 0.4) is 0 Å². The van der Waals surface area contributed by atoms with Gasteiger partial charge in [0, 0.05) is 18.4 Å². The maximum absolute atomic E-state index is 11.2. The molecule has 4 heteroatoms. The number of carbonyl (C=O) groups is 1. The number of hydrogen-bond acceptors (Lipinski definition) is 3. The number of likely N-dealkylation sites (N-methyl/N-ethyl adjacent to an activating group) is 1. The molecule has 1 saturated heterocycles. The molecule has 2 heterocycles. The first-order valence-corrected chi connectivity index (χ1v) is 5.11. The summed E-state index contributed by atoms with van der Waals surface area (Å²) in [5.74, 6) is -0.233. The molecule has 80 valence electrons. The zero-order chi connectivity index (χ0) is 10.8. The quantitative estimate of drug-likeness (QED) is 0.773. The van der Waals surface area contributed by atoms with Crippen molar-refractivity contribution in [3.05, 3.63) is 30.1 Å². The van der Waals surface area contributed by atoms with E-state index in [1.807, 2.05) is 30.3 Å². The van der Waals surface area contributed by atoms with Crippen LogP contribution in [0.4, 0.5) is 0 Å². The number of rotatable bonds is 2. The number of pyridine rings is 1. The Morgan fingerprint density at radius 1 is 1.60 bits per heavy atom. The molecule has 1 aliphatic heterocycles. The lowest BCUT2D eigenvalue weighted by molar-refractivity contribution is -0.122. The van der Waals surface area contributed by atoms with E-state index in [0.29, 0.717) is 0 Å². The van der Waals surface area contributed by atoms with Crippen molar-refractivity contribution < 1.29 is 4.79 Å². The third kappa shape index (κ3) is 1.85. The molecule has 1 aromatic heterocycles. The summed E-state index contributed by atoms with van der Waals surface area (Å²) in [7, 11) is 1.94. The Bertz CT molecular complexity index is 352. The monoisotopic (exact) mass is 205 g/mol. The van der Waals surface area contributed by atoms with E-state index in [4.69, 9.17) is 5.73 Å². The highest BCUT2D eigenvalue weighted by atomic mass is 16.1. The molecule has 1 amide bonds. The van der Waals surface area contributed by atoms with Crippen molar-refractivity contribution >= 4 is 5.91 Å². The number of carbonyl (C=O) groups excluding carboxylic acids is 1. The average Bonchev–Trinajstić information content (AvgIpc) is 2.61. The van der Waals surface area contributed by atoms with Gasteiger partial charge in [-0.05, 0) is 31.5 Å². The van der Waals surface area contributed by atoms with Crippen LogP contribution < -0.4 is 5.73 Å². The summed E-state index contributed by atoms with van der Waals surface area (Å²) in [6.45, 7) is 0. The second-order valence-electron chi connectivity index (χ2n) is 3.96. The molecule has 0 aromatic carbocycles. The summed E-state index contributed by atoms with van der Waals surface area (Å²) in [4.78, 5) is 17.3. The van der Waals surface area contributed by atoms with Gasteiger partial charge >= 0.3 is 0 Å². The third-order valence-corrected chi connectivity index (χ3v) is 3.09. The third-order valence-electron chi connectivity index (χ3n) is 3.09. The minimum absolute atomic E-state index is 0.129. The average molecular weight is 205 g/mol. The number of nitrogens with zero attached hydrogens (tertiary/aromatic N) is 2. The molecule has 0 saturated carbocycles. The van der Waals surface area contributed by atoms with E-state index in [1.54, 1.807) is 6.20 Å². The predicted molar refractivity (Wildman–Crippen MR) is 57.0 cm³/mol. The normalized spacial score (nSPS) is 26.7. The van der Waals surface area contributed by atoms with E-state index in [-0.39, 0.29) is 18.0 Å². The van der Waals surface area contributed by atoms with Crippen LogP contribution in [0.25, 0.3) is 0 Å². The summed E-state index contributed by atoms with van der Waals surface area (Å²) in [6, 6.07) is 4.10. The number of amides is 1. The van der Waals surface area contributed by atoms with Gasteiger partial charge in [-0.25, -0.2) is 0 Å². The summed E-state index contributed by atoms with van der Waals surface area (Å²) < 4.78 is 0.